The average Bonchev–Trinajstić information content (AvgIpc) is 2.98. The number of hydrogen-bond donors (Lipinski definition) is 2. The molecule has 1 aromatic carbocycles. The minimum absolute atomic E-state index is 0.150. The van der Waals surface area contributed by atoms with Crippen molar-refractivity contribution in [1.29, 1.82) is 0 Å². The number of H-pyrrole nitrogens is 1. The molecule has 3 aromatic heterocycles. The van der Waals surface area contributed by atoms with Gasteiger partial charge in [0, 0.05) is 16.5 Å². The monoisotopic (exact) mass is 327 g/mol. The number of nitrogen functional groups attached to an aromatic ring is 1. The molecule has 0 fully saturated rings. The molecular formula is C16H14ClN5O. The van der Waals surface area contributed by atoms with Crippen LogP contribution in [0.1, 0.15) is 17.0 Å². The van der Waals surface area contributed by atoms with Crippen LogP contribution in [0.3, 0.4) is 0 Å². The number of rotatable bonds is 1. The molecule has 0 radical (unpaired) electrons. The molecule has 0 unspecified atom stereocenters. The van der Waals surface area contributed by atoms with E-state index in [1.54, 1.807) is 0 Å². The second-order valence-corrected chi connectivity index (χ2v) is 5.99. The van der Waals surface area contributed by atoms with E-state index < -0.39 is 0 Å². The summed E-state index contributed by atoms with van der Waals surface area (Å²) < 4.78 is 5.29. The van der Waals surface area contributed by atoms with E-state index in [2.05, 4.69) is 32.2 Å². The highest BCUT2D eigenvalue weighted by Gasteiger charge is 2.17. The summed E-state index contributed by atoms with van der Waals surface area (Å²) in [5, 5.41) is 6.14. The first kappa shape index (κ1) is 14.0. The summed E-state index contributed by atoms with van der Waals surface area (Å²) in [5.74, 6) is 0.944. The number of benzene rings is 1. The van der Waals surface area contributed by atoms with Crippen LogP contribution < -0.4 is 5.73 Å². The second kappa shape index (κ2) is 4.70. The molecule has 3 N–H and O–H groups in total. The molecule has 7 heteroatoms. The Morgan fingerprint density at radius 2 is 1.96 bits per heavy atom. The van der Waals surface area contributed by atoms with Crippen molar-refractivity contribution in [2.24, 2.45) is 0 Å². The predicted molar refractivity (Wildman–Crippen MR) is 90.5 cm³/mol. The van der Waals surface area contributed by atoms with Crippen LogP contribution in [0, 0.1) is 20.8 Å². The zero-order valence-corrected chi connectivity index (χ0v) is 13.6. The Hall–Kier alpha value is -2.60. The minimum atomic E-state index is 0.150. The van der Waals surface area contributed by atoms with E-state index in [-0.39, 0.29) is 5.95 Å². The molecule has 4 rings (SSSR count). The van der Waals surface area contributed by atoms with Gasteiger partial charge in [-0.1, -0.05) is 16.8 Å². The Morgan fingerprint density at radius 3 is 2.65 bits per heavy atom. The first-order chi connectivity index (χ1) is 11.0. The van der Waals surface area contributed by atoms with E-state index in [1.165, 1.54) is 0 Å². The van der Waals surface area contributed by atoms with Crippen LogP contribution in [0.5, 0.6) is 0 Å². The summed E-state index contributed by atoms with van der Waals surface area (Å²) in [7, 11) is 0. The van der Waals surface area contributed by atoms with Crippen LogP contribution in [0.2, 0.25) is 5.15 Å². The van der Waals surface area contributed by atoms with E-state index in [4.69, 9.17) is 21.9 Å². The van der Waals surface area contributed by atoms with Crippen molar-refractivity contribution in [3.8, 4) is 11.1 Å². The molecule has 0 aliphatic heterocycles. The molecule has 0 saturated carbocycles. The van der Waals surface area contributed by atoms with Crippen molar-refractivity contribution < 1.29 is 4.52 Å². The van der Waals surface area contributed by atoms with Crippen LogP contribution >= 0.6 is 11.6 Å². The molecule has 0 aliphatic rings. The summed E-state index contributed by atoms with van der Waals surface area (Å²) in [6, 6.07) is 4.13. The van der Waals surface area contributed by atoms with Gasteiger partial charge in [0.2, 0.25) is 5.95 Å². The predicted octanol–water partition coefficient (Wildman–Crippen LogP) is 3.93. The number of halogens is 1. The number of nitrogens with zero attached hydrogens (tertiary/aromatic N) is 3. The van der Waals surface area contributed by atoms with E-state index in [0.29, 0.717) is 10.8 Å². The SMILES string of the molecule is Cc1cc2c(cc1-c1c(C)noc1C)[nH]c1nc(N)nc(Cl)c12. The number of nitrogens with one attached hydrogen (secondary N) is 1. The van der Waals surface area contributed by atoms with E-state index in [0.717, 1.165) is 44.4 Å². The number of hydrogen-bond acceptors (Lipinski definition) is 5. The van der Waals surface area contributed by atoms with Crippen LogP contribution in [-0.4, -0.2) is 20.1 Å². The highest BCUT2D eigenvalue weighted by atomic mass is 35.5. The Morgan fingerprint density at radius 1 is 1.17 bits per heavy atom. The van der Waals surface area contributed by atoms with Crippen LogP contribution in [0.4, 0.5) is 5.95 Å². The third kappa shape index (κ3) is 1.98. The molecule has 0 spiro atoms. The third-order valence-electron chi connectivity index (χ3n) is 4.07. The molecule has 0 amide bonds. The maximum Gasteiger partial charge on any atom is 0.223 e. The molecular weight excluding hydrogens is 314 g/mol. The summed E-state index contributed by atoms with van der Waals surface area (Å²) in [4.78, 5) is 11.5. The van der Waals surface area contributed by atoms with Gasteiger partial charge in [-0.2, -0.15) is 4.98 Å². The maximum atomic E-state index is 6.25. The standard InChI is InChI=1S/C16H14ClN5O/c1-6-4-10-11(5-9(6)12-7(2)22-23-8(12)3)19-15-13(10)14(17)20-16(18)21-15/h4-5H,1-3H3,(H3,18,19,20,21). The van der Waals surface area contributed by atoms with Crippen molar-refractivity contribution in [3.63, 3.8) is 0 Å². The summed E-state index contributed by atoms with van der Waals surface area (Å²) in [6.45, 7) is 5.89. The number of aromatic nitrogens is 4. The van der Waals surface area contributed by atoms with E-state index in [9.17, 15) is 0 Å². The fourth-order valence-electron chi connectivity index (χ4n) is 3.06. The van der Waals surface area contributed by atoms with Gasteiger partial charge in [0.25, 0.3) is 0 Å². The molecule has 0 atom stereocenters. The van der Waals surface area contributed by atoms with Crippen molar-refractivity contribution in [2.45, 2.75) is 20.8 Å². The van der Waals surface area contributed by atoms with Crippen LogP contribution in [-0.2, 0) is 0 Å². The van der Waals surface area contributed by atoms with Crippen molar-refractivity contribution in [3.05, 3.63) is 34.3 Å². The summed E-state index contributed by atoms with van der Waals surface area (Å²) in [5.41, 5.74) is 11.3. The van der Waals surface area contributed by atoms with E-state index >= 15 is 0 Å². The summed E-state index contributed by atoms with van der Waals surface area (Å²) in [6.07, 6.45) is 0. The lowest BCUT2D eigenvalue weighted by molar-refractivity contribution is 0.393. The van der Waals surface area contributed by atoms with Crippen LogP contribution in [0.25, 0.3) is 33.1 Å². The fraction of sp³-hybridized carbons (Fsp3) is 0.188. The van der Waals surface area contributed by atoms with Gasteiger partial charge < -0.3 is 15.2 Å². The molecule has 6 nitrogen and oxygen atoms in total. The number of aromatic amines is 1. The van der Waals surface area contributed by atoms with Gasteiger partial charge in [-0.3, -0.25) is 0 Å². The first-order valence-corrected chi connectivity index (χ1v) is 7.52. The Balaban J connectivity index is 2.09. The number of fused-ring (bicyclic) bond motifs is 3. The lowest BCUT2D eigenvalue weighted by Crippen LogP contribution is -1.94. The largest absolute Gasteiger partial charge is 0.368 e. The third-order valence-corrected chi connectivity index (χ3v) is 4.35. The lowest BCUT2D eigenvalue weighted by Gasteiger charge is -2.06. The Labute approximate surface area is 136 Å². The fourth-order valence-corrected chi connectivity index (χ4v) is 3.34. The van der Waals surface area contributed by atoms with Gasteiger partial charge in [-0.15, -0.1) is 0 Å². The second-order valence-electron chi connectivity index (χ2n) is 5.63. The van der Waals surface area contributed by atoms with Crippen molar-refractivity contribution >= 4 is 39.5 Å². The zero-order chi connectivity index (χ0) is 16.3. The Bertz CT molecular complexity index is 1060. The summed E-state index contributed by atoms with van der Waals surface area (Å²) >= 11 is 6.25. The van der Waals surface area contributed by atoms with Gasteiger partial charge in [0.05, 0.1) is 11.1 Å². The smallest absolute Gasteiger partial charge is 0.223 e. The molecule has 3 heterocycles. The molecule has 0 bridgehead atoms. The normalized spacial score (nSPS) is 11.7. The Kier molecular flexibility index (Phi) is 2.86. The zero-order valence-electron chi connectivity index (χ0n) is 12.9. The minimum Gasteiger partial charge on any atom is -0.368 e. The molecule has 23 heavy (non-hydrogen) atoms. The first-order valence-electron chi connectivity index (χ1n) is 7.14. The van der Waals surface area contributed by atoms with Gasteiger partial charge in [-0.25, -0.2) is 4.98 Å². The van der Waals surface area contributed by atoms with E-state index in [1.807, 2.05) is 20.8 Å². The molecule has 4 aromatic rings. The quantitative estimate of drug-likeness (QED) is 0.517. The lowest BCUT2D eigenvalue weighted by atomic mass is 9.97. The topological polar surface area (TPSA) is 93.6 Å². The van der Waals surface area contributed by atoms with Crippen LogP contribution in [0.15, 0.2) is 16.7 Å². The number of aryl methyl sites for hydroxylation is 3. The number of nitrogens with two attached hydrogens (primary N) is 1. The van der Waals surface area contributed by atoms with Gasteiger partial charge in [0.15, 0.2) is 0 Å². The van der Waals surface area contributed by atoms with Crippen molar-refractivity contribution in [2.75, 3.05) is 5.73 Å². The van der Waals surface area contributed by atoms with Crippen molar-refractivity contribution in [1.82, 2.24) is 20.1 Å². The number of anilines is 1. The highest BCUT2D eigenvalue weighted by Crippen LogP contribution is 2.36. The van der Waals surface area contributed by atoms with Gasteiger partial charge in [0.1, 0.15) is 16.6 Å². The molecule has 116 valence electrons. The highest BCUT2D eigenvalue weighted by molar-refractivity contribution is 6.36. The molecule has 0 aliphatic carbocycles. The molecule has 0 saturated heterocycles. The van der Waals surface area contributed by atoms with Gasteiger partial charge in [-0.05, 0) is 44.0 Å². The van der Waals surface area contributed by atoms with Gasteiger partial charge >= 0.3 is 0 Å². The average molecular weight is 328 g/mol. The maximum absolute atomic E-state index is 6.25.